The summed E-state index contributed by atoms with van der Waals surface area (Å²) in [6, 6.07) is 20.1. The summed E-state index contributed by atoms with van der Waals surface area (Å²) >= 11 is 1.38. The zero-order chi connectivity index (χ0) is 20.9. The van der Waals surface area contributed by atoms with Gasteiger partial charge in [0.2, 0.25) is 11.9 Å². The van der Waals surface area contributed by atoms with E-state index >= 15 is 0 Å². The highest BCUT2D eigenvalue weighted by molar-refractivity contribution is 7.99. The van der Waals surface area contributed by atoms with E-state index in [0.717, 1.165) is 22.8 Å². The number of carbonyl (C=O) groups is 1. The SMILES string of the molecule is Cc1ccc(NC(=O)CSc2nnc(-n3cccc3)n2Cc2ccccc2)c(C)c1. The van der Waals surface area contributed by atoms with Gasteiger partial charge in [-0.05, 0) is 43.2 Å². The van der Waals surface area contributed by atoms with Crippen molar-refractivity contribution in [3.63, 3.8) is 0 Å². The summed E-state index contributed by atoms with van der Waals surface area (Å²) in [4.78, 5) is 12.5. The smallest absolute Gasteiger partial charge is 0.236 e. The number of nitrogens with zero attached hydrogens (tertiary/aromatic N) is 4. The average Bonchev–Trinajstić information content (AvgIpc) is 3.39. The van der Waals surface area contributed by atoms with Crippen LogP contribution >= 0.6 is 11.8 Å². The molecule has 0 aliphatic heterocycles. The Balaban J connectivity index is 1.51. The van der Waals surface area contributed by atoms with Crippen molar-refractivity contribution in [1.82, 2.24) is 19.3 Å². The van der Waals surface area contributed by atoms with Gasteiger partial charge in [-0.25, -0.2) is 0 Å². The molecule has 0 saturated heterocycles. The molecule has 0 radical (unpaired) electrons. The maximum Gasteiger partial charge on any atom is 0.236 e. The van der Waals surface area contributed by atoms with Crippen LogP contribution in [0.4, 0.5) is 5.69 Å². The largest absolute Gasteiger partial charge is 0.325 e. The number of aryl methyl sites for hydroxylation is 2. The molecule has 0 unspecified atom stereocenters. The van der Waals surface area contributed by atoms with Crippen molar-refractivity contribution < 1.29 is 4.79 Å². The number of aromatic nitrogens is 4. The number of anilines is 1. The predicted octanol–water partition coefficient (Wildman–Crippen LogP) is 4.46. The maximum absolute atomic E-state index is 12.5. The molecule has 0 aliphatic carbocycles. The monoisotopic (exact) mass is 417 g/mol. The molecule has 0 atom stereocenters. The highest BCUT2D eigenvalue weighted by Crippen LogP contribution is 2.22. The van der Waals surface area contributed by atoms with Crippen molar-refractivity contribution >= 4 is 23.4 Å². The van der Waals surface area contributed by atoms with Gasteiger partial charge in [-0.3, -0.25) is 13.9 Å². The van der Waals surface area contributed by atoms with Gasteiger partial charge in [0.1, 0.15) is 0 Å². The number of amides is 1. The predicted molar refractivity (Wildman–Crippen MR) is 120 cm³/mol. The third kappa shape index (κ3) is 4.63. The van der Waals surface area contributed by atoms with Crippen molar-refractivity contribution in [2.24, 2.45) is 0 Å². The molecule has 152 valence electrons. The van der Waals surface area contributed by atoms with Gasteiger partial charge in [-0.1, -0.05) is 59.8 Å². The van der Waals surface area contributed by atoms with Crippen LogP contribution in [-0.2, 0) is 11.3 Å². The molecule has 0 fully saturated rings. The van der Waals surface area contributed by atoms with Crippen molar-refractivity contribution in [3.05, 3.63) is 89.7 Å². The van der Waals surface area contributed by atoms with Crippen molar-refractivity contribution in [3.8, 4) is 5.95 Å². The van der Waals surface area contributed by atoms with E-state index < -0.39 is 0 Å². The van der Waals surface area contributed by atoms with Gasteiger partial charge < -0.3 is 5.32 Å². The van der Waals surface area contributed by atoms with Crippen LogP contribution < -0.4 is 5.32 Å². The van der Waals surface area contributed by atoms with E-state index in [1.807, 2.05) is 77.8 Å². The number of rotatable bonds is 7. The Morgan fingerprint density at radius 2 is 1.77 bits per heavy atom. The number of thioether (sulfide) groups is 1. The first kappa shape index (κ1) is 20.0. The van der Waals surface area contributed by atoms with E-state index in [9.17, 15) is 4.79 Å². The molecule has 4 aromatic rings. The molecule has 0 saturated carbocycles. The zero-order valence-electron chi connectivity index (χ0n) is 16.9. The van der Waals surface area contributed by atoms with Crippen LogP contribution in [0, 0.1) is 13.8 Å². The van der Waals surface area contributed by atoms with E-state index in [1.54, 1.807) is 0 Å². The fourth-order valence-electron chi connectivity index (χ4n) is 3.22. The molecule has 1 N–H and O–H groups in total. The third-order valence-electron chi connectivity index (χ3n) is 4.70. The molecule has 0 bridgehead atoms. The standard InChI is InChI=1S/C23H23N5OS/c1-17-10-11-20(18(2)14-17)24-21(29)16-30-23-26-25-22(27-12-6-7-13-27)28(23)15-19-8-4-3-5-9-19/h3-14H,15-16H2,1-2H3,(H,24,29). The average molecular weight is 418 g/mol. The highest BCUT2D eigenvalue weighted by atomic mass is 32.2. The van der Waals surface area contributed by atoms with Crippen LogP contribution in [0.25, 0.3) is 5.95 Å². The molecule has 0 spiro atoms. The zero-order valence-corrected chi connectivity index (χ0v) is 17.8. The summed E-state index contributed by atoms with van der Waals surface area (Å²) in [6.45, 7) is 4.66. The van der Waals surface area contributed by atoms with Crippen LogP contribution in [0.2, 0.25) is 0 Å². The minimum Gasteiger partial charge on any atom is -0.325 e. The van der Waals surface area contributed by atoms with Gasteiger partial charge >= 0.3 is 0 Å². The van der Waals surface area contributed by atoms with Gasteiger partial charge in [-0.2, -0.15) is 0 Å². The molecule has 1 amide bonds. The quantitative estimate of drug-likeness (QED) is 0.451. The number of benzene rings is 2. The topological polar surface area (TPSA) is 64.7 Å². The molecule has 4 rings (SSSR count). The molecular weight excluding hydrogens is 394 g/mol. The maximum atomic E-state index is 12.5. The van der Waals surface area contributed by atoms with Crippen LogP contribution in [0.5, 0.6) is 0 Å². The third-order valence-corrected chi connectivity index (χ3v) is 5.67. The van der Waals surface area contributed by atoms with Gasteiger partial charge in [0, 0.05) is 18.1 Å². The van der Waals surface area contributed by atoms with Crippen LogP contribution in [0.15, 0.2) is 78.2 Å². The summed E-state index contributed by atoms with van der Waals surface area (Å²) in [5, 5.41) is 12.4. The second-order valence-corrected chi connectivity index (χ2v) is 8.04. The van der Waals surface area contributed by atoms with E-state index in [2.05, 4.69) is 33.7 Å². The van der Waals surface area contributed by atoms with E-state index in [-0.39, 0.29) is 11.7 Å². The first-order chi connectivity index (χ1) is 14.6. The Hall–Kier alpha value is -3.32. The molecule has 2 aromatic heterocycles. The fraction of sp³-hybridized carbons (Fsp3) is 0.174. The summed E-state index contributed by atoms with van der Waals surface area (Å²) in [5.41, 5.74) is 4.21. The Morgan fingerprint density at radius 1 is 1.00 bits per heavy atom. The summed E-state index contributed by atoms with van der Waals surface area (Å²) in [7, 11) is 0. The lowest BCUT2D eigenvalue weighted by molar-refractivity contribution is -0.113. The van der Waals surface area contributed by atoms with Gasteiger partial charge in [0.15, 0.2) is 5.16 Å². The molecule has 0 aliphatic rings. The van der Waals surface area contributed by atoms with Gasteiger partial charge in [0.25, 0.3) is 0 Å². The number of nitrogens with one attached hydrogen (secondary N) is 1. The van der Waals surface area contributed by atoms with E-state index in [0.29, 0.717) is 11.7 Å². The summed E-state index contributed by atoms with van der Waals surface area (Å²) in [6.07, 6.45) is 3.87. The van der Waals surface area contributed by atoms with Crippen LogP contribution in [0.3, 0.4) is 0 Å². The first-order valence-electron chi connectivity index (χ1n) is 9.70. The molecule has 6 nitrogen and oxygen atoms in total. The lowest BCUT2D eigenvalue weighted by Crippen LogP contribution is -2.16. The lowest BCUT2D eigenvalue weighted by Gasteiger charge is -2.11. The fourth-order valence-corrected chi connectivity index (χ4v) is 3.95. The Labute approximate surface area is 180 Å². The molecular formula is C23H23N5OS. The minimum absolute atomic E-state index is 0.0660. The molecule has 30 heavy (non-hydrogen) atoms. The number of carbonyl (C=O) groups excluding carboxylic acids is 1. The van der Waals surface area contributed by atoms with Gasteiger partial charge in [0.05, 0.1) is 12.3 Å². The Kier molecular flexibility index (Phi) is 5.99. The number of hydrogen-bond donors (Lipinski definition) is 1. The van der Waals surface area contributed by atoms with Crippen molar-refractivity contribution in [2.45, 2.75) is 25.5 Å². The van der Waals surface area contributed by atoms with Crippen molar-refractivity contribution in [2.75, 3.05) is 11.1 Å². The first-order valence-corrected chi connectivity index (χ1v) is 10.7. The summed E-state index contributed by atoms with van der Waals surface area (Å²) < 4.78 is 3.96. The van der Waals surface area contributed by atoms with Crippen LogP contribution in [-0.4, -0.2) is 31.0 Å². The lowest BCUT2D eigenvalue weighted by atomic mass is 10.1. The molecule has 2 heterocycles. The van der Waals surface area contributed by atoms with Crippen molar-refractivity contribution in [1.29, 1.82) is 0 Å². The van der Waals surface area contributed by atoms with E-state index in [4.69, 9.17) is 0 Å². The highest BCUT2D eigenvalue weighted by Gasteiger charge is 2.16. The summed E-state index contributed by atoms with van der Waals surface area (Å²) in [5.74, 6) is 0.913. The van der Waals surface area contributed by atoms with E-state index in [1.165, 1.54) is 17.3 Å². The normalized spacial score (nSPS) is 10.9. The second-order valence-electron chi connectivity index (χ2n) is 7.10. The van der Waals surface area contributed by atoms with Gasteiger partial charge in [-0.15, -0.1) is 10.2 Å². The minimum atomic E-state index is -0.0660. The molecule has 7 heteroatoms. The second kappa shape index (κ2) is 9.00. The Morgan fingerprint density at radius 3 is 2.50 bits per heavy atom. The Bertz CT molecular complexity index is 1140. The van der Waals surface area contributed by atoms with Crippen LogP contribution in [0.1, 0.15) is 16.7 Å². The molecule has 2 aromatic carbocycles. The number of hydrogen-bond acceptors (Lipinski definition) is 4.